The summed E-state index contributed by atoms with van der Waals surface area (Å²) in [4.78, 5) is 41.8. The van der Waals surface area contributed by atoms with Gasteiger partial charge in [-0.1, -0.05) is 30.0 Å². The van der Waals surface area contributed by atoms with Gasteiger partial charge in [-0.2, -0.15) is 0 Å². The van der Waals surface area contributed by atoms with E-state index in [1.165, 1.54) is 12.1 Å². The molecule has 122 valence electrons. The van der Waals surface area contributed by atoms with Gasteiger partial charge in [-0.15, -0.1) is 0 Å². The molecule has 1 saturated carbocycles. The number of hydrogen-bond donors (Lipinski definition) is 0. The largest absolute Gasteiger partial charge is 0.354 e. The first kappa shape index (κ1) is 15.7. The second-order valence-corrected chi connectivity index (χ2v) is 8.13. The van der Waals surface area contributed by atoms with E-state index in [0.717, 1.165) is 6.26 Å². The van der Waals surface area contributed by atoms with Crippen LogP contribution in [0.15, 0.2) is 24.3 Å². The average Bonchev–Trinajstić information content (AvgIpc) is 3.08. The third-order valence-corrected chi connectivity index (χ3v) is 6.42. The molecule has 8 heteroatoms. The number of hydroxylamine groups is 2. The number of carbonyl (C=O) groups is 3. The Balaban J connectivity index is 1.90. The van der Waals surface area contributed by atoms with E-state index in [1.807, 2.05) is 0 Å². The molecule has 0 saturated heterocycles. The van der Waals surface area contributed by atoms with Gasteiger partial charge < -0.3 is 4.84 Å². The predicted octanol–water partition coefficient (Wildman–Crippen LogP) is 1.10. The molecule has 1 aromatic carbocycles. The van der Waals surface area contributed by atoms with Gasteiger partial charge in [0, 0.05) is 6.26 Å². The van der Waals surface area contributed by atoms with Gasteiger partial charge in [0.2, 0.25) is 0 Å². The third kappa shape index (κ3) is 2.24. The molecule has 3 rings (SSSR count). The third-order valence-electron chi connectivity index (χ3n) is 4.42. The van der Waals surface area contributed by atoms with Crippen LogP contribution in [0.3, 0.4) is 0 Å². The molecular formula is C15H15NO6S. The van der Waals surface area contributed by atoms with Crippen LogP contribution in [0.4, 0.5) is 0 Å². The number of nitrogens with zero attached hydrogens (tertiary/aromatic N) is 1. The Kier molecular flexibility index (Phi) is 3.51. The fourth-order valence-electron chi connectivity index (χ4n) is 3.09. The Morgan fingerprint density at radius 1 is 1.09 bits per heavy atom. The van der Waals surface area contributed by atoms with Crippen LogP contribution in [0.25, 0.3) is 0 Å². The quantitative estimate of drug-likeness (QED) is 0.766. The molecule has 1 aliphatic heterocycles. The van der Waals surface area contributed by atoms with E-state index in [1.54, 1.807) is 12.1 Å². The van der Waals surface area contributed by atoms with Crippen LogP contribution in [-0.4, -0.2) is 42.3 Å². The van der Waals surface area contributed by atoms with Crippen LogP contribution >= 0.6 is 0 Å². The second-order valence-electron chi connectivity index (χ2n) is 5.80. The average molecular weight is 337 g/mol. The van der Waals surface area contributed by atoms with Gasteiger partial charge in [0.05, 0.1) is 11.1 Å². The number of sulfone groups is 1. The van der Waals surface area contributed by atoms with Crippen molar-refractivity contribution in [1.29, 1.82) is 0 Å². The Hall–Kier alpha value is -2.22. The van der Waals surface area contributed by atoms with Gasteiger partial charge in [0.15, 0.2) is 14.6 Å². The zero-order valence-corrected chi connectivity index (χ0v) is 13.3. The van der Waals surface area contributed by atoms with E-state index in [2.05, 4.69) is 0 Å². The van der Waals surface area contributed by atoms with Crippen molar-refractivity contribution in [1.82, 2.24) is 5.06 Å². The lowest BCUT2D eigenvalue weighted by molar-refractivity contribution is -0.171. The predicted molar refractivity (Wildman–Crippen MR) is 79.1 cm³/mol. The highest BCUT2D eigenvalue weighted by molar-refractivity contribution is 7.92. The van der Waals surface area contributed by atoms with Crippen molar-refractivity contribution < 1.29 is 27.6 Å². The maximum absolute atomic E-state index is 12.5. The minimum Gasteiger partial charge on any atom is -0.328 e. The van der Waals surface area contributed by atoms with Crippen molar-refractivity contribution in [2.24, 2.45) is 0 Å². The first-order chi connectivity index (χ1) is 10.8. The molecule has 0 atom stereocenters. The smallest absolute Gasteiger partial charge is 0.328 e. The van der Waals surface area contributed by atoms with Crippen LogP contribution in [0.2, 0.25) is 0 Å². The molecule has 23 heavy (non-hydrogen) atoms. The highest BCUT2D eigenvalue weighted by Crippen LogP contribution is 2.38. The molecule has 0 N–H and O–H groups in total. The van der Waals surface area contributed by atoms with Gasteiger partial charge >= 0.3 is 5.97 Å². The van der Waals surface area contributed by atoms with Crippen molar-refractivity contribution in [3.8, 4) is 0 Å². The number of fused-ring (bicyclic) bond motifs is 1. The number of amides is 2. The number of imide groups is 1. The number of benzene rings is 1. The molecule has 7 nitrogen and oxygen atoms in total. The normalized spacial score (nSPS) is 19.8. The molecule has 0 aromatic heterocycles. The molecule has 0 spiro atoms. The van der Waals surface area contributed by atoms with Gasteiger partial charge in [0.1, 0.15) is 0 Å². The SMILES string of the molecule is CS(=O)(=O)C1(C(=O)ON2C(=O)c3ccccc3C2=O)CCCC1. The molecule has 0 radical (unpaired) electrons. The monoisotopic (exact) mass is 337 g/mol. The van der Waals surface area contributed by atoms with Crippen molar-refractivity contribution in [3.63, 3.8) is 0 Å². The van der Waals surface area contributed by atoms with Gasteiger partial charge in [-0.05, 0) is 25.0 Å². The van der Waals surface area contributed by atoms with Crippen molar-refractivity contribution in [2.45, 2.75) is 30.4 Å². The molecule has 0 bridgehead atoms. The van der Waals surface area contributed by atoms with E-state index in [4.69, 9.17) is 4.84 Å². The maximum atomic E-state index is 12.5. The minimum atomic E-state index is -3.73. The molecule has 2 amide bonds. The molecule has 0 unspecified atom stereocenters. The second kappa shape index (κ2) is 5.16. The summed E-state index contributed by atoms with van der Waals surface area (Å²) >= 11 is 0. The zero-order valence-electron chi connectivity index (χ0n) is 12.4. The minimum absolute atomic E-state index is 0.130. The van der Waals surface area contributed by atoms with Crippen molar-refractivity contribution in [3.05, 3.63) is 35.4 Å². The Morgan fingerprint density at radius 3 is 2.00 bits per heavy atom. The van der Waals surface area contributed by atoms with Gasteiger partial charge in [0.25, 0.3) is 11.8 Å². The molecule has 1 heterocycles. The summed E-state index contributed by atoms with van der Waals surface area (Å²) < 4.78 is 22.4. The lowest BCUT2D eigenvalue weighted by atomic mass is 10.1. The Morgan fingerprint density at radius 2 is 1.57 bits per heavy atom. The fraction of sp³-hybridized carbons (Fsp3) is 0.400. The first-order valence-electron chi connectivity index (χ1n) is 7.18. The topological polar surface area (TPSA) is 97.8 Å². The van der Waals surface area contributed by atoms with Crippen LogP contribution in [0.1, 0.15) is 46.4 Å². The fourth-order valence-corrected chi connectivity index (χ4v) is 4.46. The van der Waals surface area contributed by atoms with Crippen molar-refractivity contribution >= 4 is 27.6 Å². The van der Waals surface area contributed by atoms with E-state index < -0.39 is 32.4 Å². The van der Waals surface area contributed by atoms with Crippen molar-refractivity contribution in [2.75, 3.05) is 6.26 Å². The van der Waals surface area contributed by atoms with Gasteiger partial charge in [-0.3, -0.25) is 9.59 Å². The zero-order chi connectivity index (χ0) is 16.8. The van der Waals surface area contributed by atoms with E-state index >= 15 is 0 Å². The Labute approximate surface area is 133 Å². The maximum Gasteiger partial charge on any atom is 0.354 e. The van der Waals surface area contributed by atoms with Crippen LogP contribution in [-0.2, 0) is 19.5 Å². The van der Waals surface area contributed by atoms with E-state index in [9.17, 15) is 22.8 Å². The number of carbonyl (C=O) groups excluding carboxylic acids is 3. The summed E-state index contributed by atoms with van der Waals surface area (Å²) in [6.45, 7) is 0. The van der Waals surface area contributed by atoms with E-state index in [-0.39, 0.29) is 24.0 Å². The van der Waals surface area contributed by atoms with Crippen LogP contribution in [0, 0.1) is 0 Å². The first-order valence-corrected chi connectivity index (χ1v) is 9.07. The standard InChI is InChI=1S/C15H15NO6S/c1-23(20,21)15(8-4-5-9-15)14(19)22-16-12(17)10-6-2-3-7-11(10)13(16)18/h2-3,6-7H,4-5,8-9H2,1H3. The molecule has 1 aromatic rings. The van der Waals surface area contributed by atoms with Crippen LogP contribution < -0.4 is 0 Å². The Bertz CT molecular complexity index is 772. The summed E-state index contributed by atoms with van der Waals surface area (Å²) in [7, 11) is -3.73. The summed E-state index contributed by atoms with van der Waals surface area (Å²) in [5.41, 5.74) is 0.259. The lowest BCUT2D eigenvalue weighted by Gasteiger charge is -2.25. The number of rotatable bonds is 3. The molecule has 1 fully saturated rings. The molecule has 1 aliphatic carbocycles. The van der Waals surface area contributed by atoms with Gasteiger partial charge in [-0.25, -0.2) is 13.2 Å². The summed E-state index contributed by atoms with van der Waals surface area (Å²) in [6, 6.07) is 6.07. The molecule has 2 aliphatic rings. The lowest BCUT2D eigenvalue weighted by Crippen LogP contribution is -2.48. The number of hydrogen-bond acceptors (Lipinski definition) is 6. The highest BCUT2D eigenvalue weighted by Gasteiger charge is 2.53. The highest BCUT2D eigenvalue weighted by atomic mass is 32.2. The summed E-state index contributed by atoms with van der Waals surface area (Å²) in [6.07, 6.45) is 2.39. The van der Waals surface area contributed by atoms with Crippen LogP contribution in [0.5, 0.6) is 0 Å². The molecular weight excluding hydrogens is 322 g/mol. The van der Waals surface area contributed by atoms with E-state index in [0.29, 0.717) is 17.9 Å². The summed E-state index contributed by atoms with van der Waals surface area (Å²) in [5, 5.41) is 0.359. The summed E-state index contributed by atoms with van der Waals surface area (Å²) in [5.74, 6) is -2.59.